The van der Waals surface area contributed by atoms with Gasteiger partial charge in [-0.1, -0.05) is 51.1 Å². The van der Waals surface area contributed by atoms with E-state index < -0.39 is 100 Å². The molecule has 2 aliphatic carbocycles. The Balaban J connectivity index is 1.48. The summed E-state index contributed by atoms with van der Waals surface area (Å²) in [5.74, 6) is -4.23. The van der Waals surface area contributed by atoms with Gasteiger partial charge in [0, 0.05) is 33.1 Å². The van der Waals surface area contributed by atoms with E-state index in [4.69, 9.17) is 28.5 Å². The number of benzene rings is 1. The SMILES string of the molecule is CC(=O)OC[C@H]1O[C@@H](C[C@@H](C)[C@@H](NOCc2ccccc2)C(=O)N2[C@H]3C[C@@H]4CC[C@@]3(CS2(=O)=O)C4(C)C)[C@H](OC(C)=O)[C@@H](OC(C)=O)[C@@H]1OC(C)=O. The Morgan fingerprint density at radius 2 is 1.50 bits per heavy atom. The second kappa shape index (κ2) is 15.4. The number of hydrogen-bond donors (Lipinski definition) is 1. The summed E-state index contributed by atoms with van der Waals surface area (Å²) in [5.41, 5.74) is 2.82. The highest BCUT2D eigenvalue weighted by atomic mass is 32.2. The highest BCUT2D eigenvalue weighted by molar-refractivity contribution is 7.90. The fourth-order valence-corrected chi connectivity index (χ4v) is 11.5. The van der Waals surface area contributed by atoms with Gasteiger partial charge in [-0.15, -0.1) is 0 Å². The highest BCUT2D eigenvalue weighted by Crippen LogP contribution is 2.70. The van der Waals surface area contributed by atoms with Gasteiger partial charge in [0.05, 0.1) is 24.5 Å². The fourth-order valence-electron chi connectivity index (χ4n) is 8.93. The number of carbonyl (C=O) groups is 5. The lowest BCUT2D eigenvalue weighted by atomic mass is 9.69. The molecule has 10 atom stereocenters. The number of sulfonamides is 1. The summed E-state index contributed by atoms with van der Waals surface area (Å²) in [6.07, 6.45) is -4.25. The molecule has 1 spiro atoms. The molecule has 4 aliphatic rings. The lowest BCUT2D eigenvalue weighted by Gasteiger charge is -2.45. The maximum absolute atomic E-state index is 14.7. The number of rotatable bonds is 13. The summed E-state index contributed by atoms with van der Waals surface area (Å²) in [4.78, 5) is 69.3. The number of hydrogen-bond acceptors (Lipinski definition) is 14. The van der Waals surface area contributed by atoms with Crippen LogP contribution in [-0.2, 0) is 69.1 Å². The van der Waals surface area contributed by atoms with Crippen LogP contribution in [-0.4, -0.2) is 97.5 Å². The smallest absolute Gasteiger partial charge is 0.303 e. The molecular formula is C36H50N2O13S. The van der Waals surface area contributed by atoms with Crippen LogP contribution in [0.1, 0.15) is 79.7 Å². The van der Waals surface area contributed by atoms with Crippen molar-refractivity contribution in [3.63, 3.8) is 0 Å². The van der Waals surface area contributed by atoms with Crippen LogP contribution >= 0.6 is 0 Å². The quantitative estimate of drug-likeness (QED) is 0.176. The number of nitrogens with zero attached hydrogens (tertiary/aromatic N) is 1. The third kappa shape index (κ3) is 7.85. The van der Waals surface area contributed by atoms with Gasteiger partial charge in [0.15, 0.2) is 18.3 Å². The average molecular weight is 751 g/mol. The maximum atomic E-state index is 14.7. The normalized spacial score (nSPS) is 32.3. The zero-order chi connectivity index (χ0) is 38.2. The van der Waals surface area contributed by atoms with E-state index in [0.29, 0.717) is 12.8 Å². The second-order valence-corrected chi connectivity index (χ2v) is 16.9. The molecule has 1 N–H and O–H groups in total. The van der Waals surface area contributed by atoms with E-state index >= 15 is 0 Å². The standard InChI is InChI=1S/C36H50N2O13S/c1-20(15-27-31(48-22(3)40)33(50-24(5)42)32(49-23(4)41)28(51-27)18-46-21(2)39)30(37-47-17-25-11-9-8-10-12-25)34(43)38-29-16-26-13-14-36(29,35(26,6)7)19-52(38,44)45/h8-12,20,26-33,37H,13-19H2,1-7H3/t20-,26+,27+,28-,29+,30-,31+,32-,33-,36+/m1/s1. The van der Waals surface area contributed by atoms with Crippen LogP contribution in [0.2, 0.25) is 0 Å². The predicted octanol–water partition coefficient (Wildman–Crippen LogP) is 2.60. The third-order valence-electron chi connectivity index (χ3n) is 11.4. The summed E-state index contributed by atoms with van der Waals surface area (Å²) in [6, 6.07) is 7.46. The summed E-state index contributed by atoms with van der Waals surface area (Å²) >= 11 is 0. The van der Waals surface area contributed by atoms with Gasteiger partial charge in [0.25, 0.3) is 5.91 Å². The van der Waals surface area contributed by atoms with Crippen molar-refractivity contribution in [1.82, 2.24) is 9.79 Å². The molecule has 0 radical (unpaired) electrons. The van der Waals surface area contributed by atoms with Crippen molar-refractivity contribution in [3.8, 4) is 0 Å². The molecule has 2 aliphatic heterocycles. The van der Waals surface area contributed by atoms with Crippen LogP contribution in [0.25, 0.3) is 0 Å². The fraction of sp³-hybridized carbons (Fsp3) is 0.694. The molecule has 2 saturated carbocycles. The van der Waals surface area contributed by atoms with Crippen molar-refractivity contribution < 1.29 is 60.9 Å². The van der Waals surface area contributed by atoms with Crippen LogP contribution in [0.5, 0.6) is 0 Å². The van der Waals surface area contributed by atoms with Crippen molar-refractivity contribution in [1.29, 1.82) is 0 Å². The zero-order valence-corrected chi connectivity index (χ0v) is 31.5. The molecule has 0 aromatic heterocycles. The molecule has 52 heavy (non-hydrogen) atoms. The number of esters is 4. The second-order valence-electron chi connectivity index (χ2n) is 15.1. The zero-order valence-electron chi connectivity index (χ0n) is 30.7. The molecule has 16 heteroatoms. The molecule has 2 bridgehead atoms. The van der Waals surface area contributed by atoms with E-state index in [1.54, 1.807) is 6.92 Å². The van der Waals surface area contributed by atoms with Gasteiger partial charge in [-0.05, 0) is 48.5 Å². The van der Waals surface area contributed by atoms with E-state index in [2.05, 4.69) is 19.3 Å². The minimum atomic E-state index is -4.01. The predicted molar refractivity (Wildman–Crippen MR) is 182 cm³/mol. The Kier molecular flexibility index (Phi) is 11.7. The van der Waals surface area contributed by atoms with Crippen LogP contribution in [0, 0.1) is 22.7 Å². The van der Waals surface area contributed by atoms with Crippen molar-refractivity contribution >= 4 is 39.8 Å². The highest BCUT2D eigenvalue weighted by Gasteiger charge is 2.72. The average Bonchev–Trinajstić information content (AvgIpc) is 3.53. The lowest BCUT2D eigenvalue weighted by molar-refractivity contribution is -0.255. The Bertz CT molecular complexity index is 1640. The molecule has 2 saturated heterocycles. The minimum absolute atomic E-state index is 0.0611. The largest absolute Gasteiger partial charge is 0.463 e. The van der Waals surface area contributed by atoms with Gasteiger partial charge in [-0.25, -0.2) is 12.7 Å². The van der Waals surface area contributed by atoms with E-state index in [-0.39, 0.29) is 30.1 Å². The first-order chi connectivity index (χ1) is 24.4. The van der Waals surface area contributed by atoms with Crippen molar-refractivity contribution in [2.75, 3.05) is 12.4 Å². The first-order valence-corrected chi connectivity index (χ1v) is 19.3. The molecule has 4 fully saturated rings. The summed E-state index contributed by atoms with van der Waals surface area (Å²) in [7, 11) is -4.01. The third-order valence-corrected chi connectivity index (χ3v) is 13.4. The molecule has 15 nitrogen and oxygen atoms in total. The van der Waals surface area contributed by atoms with Crippen LogP contribution in [0.4, 0.5) is 0 Å². The molecular weight excluding hydrogens is 700 g/mol. The van der Waals surface area contributed by atoms with Crippen LogP contribution < -0.4 is 5.48 Å². The number of fused-ring (bicyclic) bond motifs is 1. The molecule has 1 amide bonds. The molecule has 1 aromatic carbocycles. The lowest BCUT2D eigenvalue weighted by Crippen LogP contribution is -2.63. The number of ether oxygens (including phenoxy) is 5. The molecule has 0 unspecified atom stereocenters. The van der Waals surface area contributed by atoms with Crippen molar-refractivity contribution in [2.45, 2.75) is 123 Å². The first kappa shape index (κ1) is 39.6. The number of amides is 1. The summed E-state index contributed by atoms with van der Waals surface area (Å²) in [5, 5.41) is 0. The van der Waals surface area contributed by atoms with E-state index in [1.165, 1.54) is 6.92 Å². The Hall–Kier alpha value is -3.60. The van der Waals surface area contributed by atoms with Crippen molar-refractivity contribution in [3.05, 3.63) is 35.9 Å². The van der Waals surface area contributed by atoms with Crippen molar-refractivity contribution in [2.24, 2.45) is 22.7 Å². The maximum Gasteiger partial charge on any atom is 0.303 e. The van der Waals surface area contributed by atoms with Crippen LogP contribution in [0.15, 0.2) is 30.3 Å². The molecule has 1 aromatic rings. The van der Waals surface area contributed by atoms with Gasteiger partial charge in [0.2, 0.25) is 10.0 Å². The first-order valence-electron chi connectivity index (χ1n) is 17.7. The number of carbonyl (C=O) groups excluding carboxylic acids is 5. The topological polar surface area (TPSA) is 190 Å². The van der Waals surface area contributed by atoms with Crippen LogP contribution in [0.3, 0.4) is 0 Å². The summed E-state index contributed by atoms with van der Waals surface area (Å²) < 4.78 is 57.2. The molecule has 288 valence electrons. The Morgan fingerprint density at radius 1 is 0.904 bits per heavy atom. The Morgan fingerprint density at radius 3 is 2.08 bits per heavy atom. The van der Waals surface area contributed by atoms with Gasteiger partial charge in [0.1, 0.15) is 18.8 Å². The van der Waals surface area contributed by atoms with Gasteiger partial charge < -0.3 is 23.7 Å². The molecule has 5 rings (SSSR count). The van der Waals surface area contributed by atoms with E-state index in [1.807, 2.05) is 30.3 Å². The van der Waals surface area contributed by atoms with Gasteiger partial charge >= 0.3 is 23.9 Å². The monoisotopic (exact) mass is 750 g/mol. The number of nitrogens with one attached hydrogen (secondary N) is 1. The summed E-state index contributed by atoms with van der Waals surface area (Å²) in [6.45, 7) is 10.1. The van der Waals surface area contributed by atoms with Gasteiger partial charge in [-0.3, -0.25) is 28.8 Å². The number of hydroxylamine groups is 1. The molecule has 2 heterocycles. The van der Waals surface area contributed by atoms with E-state index in [9.17, 15) is 32.4 Å². The van der Waals surface area contributed by atoms with Gasteiger partial charge in [-0.2, -0.15) is 5.48 Å². The minimum Gasteiger partial charge on any atom is -0.463 e. The van der Waals surface area contributed by atoms with E-state index in [0.717, 1.165) is 37.1 Å². The Labute approximate surface area is 304 Å².